The van der Waals surface area contributed by atoms with Crippen LogP contribution in [0, 0.1) is 40.8 Å². The van der Waals surface area contributed by atoms with E-state index in [1.807, 2.05) is 0 Å². The van der Waals surface area contributed by atoms with Crippen molar-refractivity contribution in [2.75, 3.05) is 0 Å². The van der Waals surface area contributed by atoms with E-state index < -0.39 is 0 Å². The van der Waals surface area contributed by atoms with Crippen molar-refractivity contribution in [2.45, 2.75) is 0 Å². The fraction of sp³-hybridized carbons (Fsp3) is 0. The first kappa shape index (κ1) is 67.3. The van der Waals surface area contributed by atoms with E-state index in [4.69, 9.17) is 0 Å². The largest absolute Gasteiger partial charge is 0 e. The van der Waals surface area contributed by atoms with Gasteiger partial charge in [-0.05, 0) is 0 Å². The van der Waals surface area contributed by atoms with E-state index in [0.29, 0.717) is 0 Å². The van der Waals surface area contributed by atoms with Gasteiger partial charge in [-0.25, -0.2) is 0 Å². The Morgan fingerprint density at radius 2 is 0.667 bits per heavy atom. The van der Waals surface area contributed by atoms with E-state index in [9.17, 15) is 0 Å². The van der Waals surface area contributed by atoms with Crippen LogP contribution in [0.1, 0.15) is 0 Å². The molecule has 0 aromatic rings. The zero-order valence-electron chi connectivity index (χ0n) is 2.30. The van der Waals surface area contributed by atoms with Gasteiger partial charge in [0.15, 0.2) is 0 Å². The summed E-state index contributed by atoms with van der Waals surface area (Å²) >= 11 is 0. The van der Waals surface area contributed by atoms with Gasteiger partial charge in [0.05, 0.1) is 0 Å². The topological polar surface area (TPSA) is 0 Å². The van der Waals surface area contributed by atoms with Crippen molar-refractivity contribution in [1.82, 2.24) is 0 Å². The van der Waals surface area contributed by atoms with Gasteiger partial charge in [0.1, 0.15) is 0 Å². The minimum Gasteiger partial charge on any atom is 0 e. The molecule has 0 aromatic heterocycles. The zero-order valence-corrected chi connectivity index (χ0v) is 8.35. The Morgan fingerprint density at radius 1 is 0.667 bits per heavy atom. The smallest absolute Gasteiger partial charge is 0 e. The molecule has 0 amide bonds. The van der Waals surface area contributed by atoms with Gasteiger partial charge in [0, 0.05) is 73.5 Å². The number of hydrogen-bond donors (Lipinski definition) is 0. The van der Waals surface area contributed by atoms with Crippen molar-refractivity contribution in [1.29, 1.82) is 0 Å². The van der Waals surface area contributed by atoms with Crippen LogP contribution >= 0.6 is 0 Å². The molecule has 0 aliphatic rings. The van der Waals surface area contributed by atoms with Crippen LogP contribution in [0.15, 0.2) is 0 Å². The molecule has 0 spiro atoms. The van der Waals surface area contributed by atoms with Crippen LogP contribution in [0.25, 0.3) is 0 Å². The molecule has 33 valence electrons. The Hall–Kier alpha value is 2.84. The van der Waals surface area contributed by atoms with Gasteiger partial charge in [-0.2, -0.15) is 0 Å². The average molecular weight is 301 g/mol. The zero-order chi connectivity index (χ0) is 0. The number of hydrogen-bond acceptors (Lipinski definition) is 0. The molecule has 0 saturated carbocycles. The average Bonchev–Trinajstić information content (AvgIpc) is 0. The summed E-state index contributed by atoms with van der Waals surface area (Å²) in [6.07, 6.45) is 0. The third-order valence-electron chi connectivity index (χ3n) is 0. The summed E-state index contributed by atoms with van der Waals surface area (Å²) in [7, 11) is 0. The molecule has 0 aliphatic heterocycles. The summed E-state index contributed by atoms with van der Waals surface area (Å²) in [6, 6.07) is 0. The molecule has 0 nitrogen and oxygen atoms in total. The SMILES string of the molecule is F.F.F.[LiH].[Nd].[Y]. The van der Waals surface area contributed by atoms with E-state index in [1.165, 1.54) is 0 Å². The monoisotopic (exact) mass is 299 g/mol. The Labute approximate surface area is 104 Å². The molecule has 1 radical (unpaired) electrons. The van der Waals surface area contributed by atoms with Crippen molar-refractivity contribution in [3.63, 3.8) is 0 Å². The molecule has 0 rings (SSSR count). The molecule has 0 aliphatic carbocycles. The molecule has 0 bridgehead atoms. The van der Waals surface area contributed by atoms with Crippen LogP contribution in [0.3, 0.4) is 0 Å². The third kappa shape index (κ3) is 28.9. The molecule has 6 heteroatoms. The molecule has 0 N–H and O–H groups in total. The Kier molecular flexibility index (Phi) is 510. The van der Waals surface area contributed by atoms with Crippen molar-refractivity contribution < 1.29 is 87.7 Å². The summed E-state index contributed by atoms with van der Waals surface area (Å²) in [5.74, 6) is 0. The van der Waals surface area contributed by atoms with Crippen LogP contribution in [-0.2, 0) is 32.7 Å². The van der Waals surface area contributed by atoms with Gasteiger partial charge in [-0.1, -0.05) is 0 Å². The van der Waals surface area contributed by atoms with E-state index in [0.717, 1.165) is 0 Å². The summed E-state index contributed by atoms with van der Waals surface area (Å²) < 4.78 is 0. The third-order valence-corrected chi connectivity index (χ3v) is 0. The van der Waals surface area contributed by atoms with Crippen LogP contribution in [0.2, 0.25) is 0 Å². The van der Waals surface area contributed by atoms with E-state index in [2.05, 4.69) is 0 Å². The van der Waals surface area contributed by atoms with Crippen molar-refractivity contribution in [3.05, 3.63) is 0 Å². The van der Waals surface area contributed by atoms with Crippen molar-refractivity contribution >= 4 is 18.9 Å². The van der Waals surface area contributed by atoms with Crippen LogP contribution < -0.4 is 0 Å². The predicted octanol–water partition coefficient (Wildman–Crippen LogP) is -0.193. The Balaban J connectivity index is 0. The van der Waals surface area contributed by atoms with Gasteiger partial charge in [-0.3, -0.25) is 14.1 Å². The van der Waals surface area contributed by atoms with Gasteiger partial charge >= 0.3 is 18.9 Å². The van der Waals surface area contributed by atoms with E-state index in [-0.39, 0.29) is 107 Å². The standard InChI is InChI=1S/3FH.Li.Nd.Y.H/h3*1H;;;;. The number of halogens is 3. The second-order valence-corrected chi connectivity index (χ2v) is 0. The normalized spacial score (nSPS) is 0. The van der Waals surface area contributed by atoms with E-state index >= 15 is 0 Å². The van der Waals surface area contributed by atoms with Gasteiger partial charge < -0.3 is 0 Å². The Morgan fingerprint density at radius 3 is 0.667 bits per heavy atom. The first-order chi connectivity index (χ1) is 0. The fourth-order valence-electron chi connectivity index (χ4n) is 0. The van der Waals surface area contributed by atoms with Crippen LogP contribution in [0.4, 0.5) is 14.1 Å². The van der Waals surface area contributed by atoms with Gasteiger partial charge in [-0.15, -0.1) is 0 Å². The summed E-state index contributed by atoms with van der Waals surface area (Å²) in [5, 5.41) is 0. The maximum absolute atomic E-state index is 0. The fourth-order valence-corrected chi connectivity index (χ4v) is 0. The van der Waals surface area contributed by atoms with Crippen LogP contribution in [-0.4, -0.2) is 18.9 Å². The van der Waals surface area contributed by atoms with Crippen molar-refractivity contribution in [2.24, 2.45) is 0 Å². The molecule has 0 fully saturated rings. The first-order valence-electron chi connectivity index (χ1n) is 0. The first-order valence-corrected chi connectivity index (χ1v) is 0. The number of rotatable bonds is 0. The van der Waals surface area contributed by atoms with Crippen LogP contribution in [0.5, 0.6) is 0 Å². The molecule has 0 heterocycles. The van der Waals surface area contributed by atoms with E-state index in [1.54, 1.807) is 0 Å². The van der Waals surface area contributed by atoms with Gasteiger partial charge in [0.25, 0.3) is 0 Å². The summed E-state index contributed by atoms with van der Waals surface area (Å²) in [5.41, 5.74) is 0. The van der Waals surface area contributed by atoms with Crippen molar-refractivity contribution in [3.8, 4) is 0 Å². The molecule has 0 atom stereocenters. The molecular weight excluding hydrogens is 297 g/mol. The molecule has 0 saturated heterocycles. The quantitative estimate of drug-likeness (QED) is 0.544. The molecule has 6 heavy (non-hydrogen) atoms. The molecule has 0 unspecified atom stereocenters. The minimum atomic E-state index is 0. The second-order valence-electron chi connectivity index (χ2n) is 0. The Bertz CT molecular complexity index is 10.8. The maximum Gasteiger partial charge on any atom is 0 e. The maximum atomic E-state index is 0. The minimum absolute atomic E-state index is 0. The summed E-state index contributed by atoms with van der Waals surface area (Å²) in [6.45, 7) is 0. The van der Waals surface area contributed by atoms with Gasteiger partial charge in [0.2, 0.25) is 0 Å². The molecule has 0 aromatic carbocycles. The summed E-state index contributed by atoms with van der Waals surface area (Å²) in [4.78, 5) is 0. The predicted molar refractivity (Wildman–Crippen MR) is 14.7 cm³/mol. The molecular formula is H4F3LiNdY. The second kappa shape index (κ2) is 45.5.